The van der Waals surface area contributed by atoms with E-state index in [1.54, 1.807) is 48.2 Å². The Morgan fingerprint density at radius 3 is 2.57 bits per heavy atom. The average molecular weight is 425 g/mol. The molecule has 2 amide bonds. The summed E-state index contributed by atoms with van der Waals surface area (Å²) in [6.07, 6.45) is 1.40. The highest BCUT2D eigenvalue weighted by molar-refractivity contribution is 8.00. The molecule has 1 unspecified atom stereocenters. The number of nitriles is 1. The number of anilines is 1. The Hall–Kier alpha value is -3.31. The molecule has 0 radical (unpaired) electrons. The van der Waals surface area contributed by atoms with Crippen molar-refractivity contribution in [1.29, 1.82) is 5.26 Å². The molecule has 1 aromatic carbocycles. The summed E-state index contributed by atoms with van der Waals surface area (Å²) in [4.78, 5) is 30.7. The fourth-order valence-electron chi connectivity index (χ4n) is 2.94. The highest BCUT2D eigenvalue weighted by Gasteiger charge is 2.35. The standard InChI is InChI=1S/C21H20N4O3S.CH4/c1-13-14(2)21(25(20(13)28)11-15-3-6-17(26)7-4-15)29-12-19(27)24-18-8-5-16(9-22)10-23-18;/h3-8,10,21,26H,11-12H2,1-2H3,(H,23,24,27);1H4. The molecule has 1 aliphatic heterocycles. The number of hydrogen-bond acceptors (Lipinski definition) is 6. The monoisotopic (exact) mass is 424 g/mol. The summed E-state index contributed by atoms with van der Waals surface area (Å²) in [5.74, 6) is 0.410. The smallest absolute Gasteiger partial charge is 0.251 e. The number of pyridine rings is 1. The van der Waals surface area contributed by atoms with Crippen LogP contribution in [-0.2, 0) is 16.1 Å². The molecule has 30 heavy (non-hydrogen) atoms. The number of nitrogens with zero attached hydrogens (tertiary/aromatic N) is 3. The molecule has 0 bridgehead atoms. The van der Waals surface area contributed by atoms with Gasteiger partial charge in [-0.1, -0.05) is 19.6 Å². The number of carbonyl (C=O) groups excluding carboxylic acids is 2. The van der Waals surface area contributed by atoms with Gasteiger partial charge in [-0.05, 0) is 49.2 Å². The average Bonchev–Trinajstić information content (AvgIpc) is 2.92. The van der Waals surface area contributed by atoms with Crippen molar-refractivity contribution >= 4 is 29.4 Å². The number of thioether (sulfide) groups is 1. The Bertz CT molecular complexity index is 995. The van der Waals surface area contributed by atoms with Crippen molar-refractivity contribution in [2.75, 3.05) is 11.1 Å². The van der Waals surface area contributed by atoms with Gasteiger partial charge in [0, 0.05) is 18.3 Å². The fraction of sp³-hybridized carbons (Fsp3) is 0.273. The predicted octanol–water partition coefficient (Wildman–Crippen LogP) is 3.67. The first-order valence-corrected chi connectivity index (χ1v) is 9.97. The van der Waals surface area contributed by atoms with Gasteiger partial charge in [0.1, 0.15) is 23.0 Å². The number of rotatable bonds is 6. The summed E-state index contributed by atoms with van der Waals surface area (Å²) in [5, 5.41) is 20.7. The maximum Gasteiger partial charge on any atom is 0.251 e. The van der Waals surface area contributed by atoms with Gasteiger partial charge in [-0.15, -0.1) is 11.8 Å². The quantitative estimate of drug-likeness (QED) is 0.733. The molecule has 0 saturated heterocycles. The zero-order valence-electron chi connectivity index (χ0n) is 16.0. The maximum absolute atomic E-state index is 12.7. The number of aromatic hydroxyl groups is 1. The van der Waals surface area contributed by atoms with Crippen LogP contribution in [0.4, 0.5) is 5.82 Å². The number of amides is 2. The molecule has 2 heterocycles. The van der Waals surface area contributed by atoms with E-state index in [4.69, 9.17) is 5.26 Å². The molecule has 0 fully saturated rings. The Labute approximate surface area is 180 Å². The van der Waals surface area contributed by atoms with E-state index in [1.165, 1.54) is 18.0 Å². The van der Waals surface area contributed by atoms with Gasteiger partial charge >= 0.3 is 0 Å². The molecule has 3 rings (SSSR count). The summed E-state index contributed by atoms with van der Waals surface area (Å²) in [6.45, 7) is 4.09. The zero-order valence-corrected chi connectivity index (χ0v) is 16.9. The normalized spacial score (nSPS) is 15.6. The van der Waals surface area contributed by atoms with Crippen LogP contribution in [0.1, 0.15) is 32.4 Å². The summed E-state index contributed by atoms with van der Waals surface area (Å²) in [5.41, 5.74) is 2.94. The van der Waals surface area contributed by atoms with Crippen molar-refractivity contribution in [2.45, 2.75) is 33.2 Å². The molecule has 1 aromatic heterocycles. The van der Waals surface area contributed by atoms with E-state index in [0.29, 0.717) is 23.5 Å². The molecular formula is C22H24N4O3S. The van der Waals surface area contributed by atoms with E-state index in [-0.39, 0.29) is 36.1 Å². The SMILES string of the molecule is C.CC1=C(C)C(SCC(=O)Nc2ccc(C#N)cn2)N(Cc2ccc(O)cc2)C1=O. The van der Waals surface area contributed by atoms with Gasteiger partial charge in [0.2, 0.25) is 5.91 Å². The van der Waals surface area contributed by atoms with Crippen LogP contribution in [0.5, 0.6) is 5.75 Å². The Morgan fingerprint density at radius 2 is 1.97 bits per heavy atom. The molecule has 1 aliphatic rings. The minimum absolute atomic E-state index is 0. The van der Waals surface area contributed by atoms with Crippen LogP contribution in [0, 0.1) is 11.3 Å². The van der Waals surface area contributed by atoms with Gasteiger partial charge in [0.05, 0.1) is 11.3 Å². The molecule has 156 valence electrons. The number of carbonyl (C=O) groups is 2. The number of phenols is 1. The van der Waals surface area contributed by atoms with Gasteiger partial charge in [-0.25, -0.2) is 4.98 Å². The molecular weight excluding hydrogens is 400 g/mol. The van der Waals surface area contributed by atoms with Crippen molar-refractivity contribution < 1.29 is 14.7 Å². The Balaban J connectivity index is 0.00000320. The lowest BCUT2D eigenvalue weighted by atomic mass is 10.2. The zero-order chi connectivity index (χ0) is 21.0. The summed E-state index contributed by atoms with van der Waals surface area (Å²) in [6, 6.07) is 11.9. The van der Waals surface area contributed by atoms with Gasteiger partial charge in [0.25, 0.3) is 5.91 Å². The lowest BCUT2D eigenvalue weighted by molar-refractivity contribution is -0.126. The lowest BCUT2D eigenvalue weighted by Crippen LogP contribution is -2.34. The van der Waals surface area contributed by atoms with E-state index in [1.807, 2.05) is 13.0 Å². The van der Waals surface area contributed by atoms with Crippen LogP contribution in [0.25, 0.3) is 0 Å². The number of aromatic nitrogens is 1. The molecule has 8 heteroatoms. The van der Waals surface area contributed by atoms with Crippen molar-refractivity contribution in [2.24, 2.45) is 0 Å². The Kier molecular flexibility index (Phi) is 7.61. The van der Waals surface area contributed by atoms with E-state index < -0.39 is 0 Å². The topological polar surface area (TPSA) is 106 Å². The van der Waals surface area contributed by atoms with Crippen LogP contribution >= 0.6 is 11.8 Å². The largest absolute Gasteiger partial charge is 0.508 e. The molecule has 0 aliphatic carbocycles. The van der Waals surface area contributed by atoms with Crippen molar-refractivity contribution in [1.82, 2.24) is 9.88 Å². The fourth-order valence-corrected chi connectivity index (χ4v) is 4.10. The third kappa shape index (κ3) is 5.19. The molecule has 0 spiro atoms. The minimum atomic E-state index is -0.240. The molecule has 2 aromatic rings. The van der Waals surface area contributed by atoms with Crippen LogP contribution in [-0.4, -0.2) is 37.9 Å². The lowest BCUT2D eigenvalue weighted by Gasteiger charge is -2.26. The number of nitrogens with one attached hydrogen (secondary N) is 1. The van der Waals surface area contributed by atoms with Crippen LogP contribution in [0.15, 0.2) is 53.7 Å². The van der Waals surface area contributed by atoms with Gasteiger partial charge in [0.15, 0.2) is 0 Å². The first-order chi connectivity index (χ1) is 13.9. The molecule has 1 atom stereocenters. The molecule has 0 saturated carbocycles. The van der Waals surface area contributed by atoms with E-state index >= 15 is 0 Å². The first-order valence-electron chi connectivity index (χ1n) is 8.93. The third-order valence-corrected chi connectivity index (χ3v) is 6.00. The number of phenolic OH excluding ortho intramolecular Hbond substituents is 1. The Morgan fingerprint density at radius 1 is 1.27 bits per heavy atom. The second kappa shape index (κ2) is 9.94. The first kappa shape index (κ1) is 23.0. The molecule has 2 N–H and O–H groups in total. The third-order valence-electron chi connectivity index (χ3n) is 4.65. The number of benzene rings is 1. The second-order valence-electron chi connectivity index (χ2n) is 6.66. The predicted molar refractivity (Wildman–Crippen MR) is 118 cm³/mol. The number of hydrogen-bond donors (Lipinski definition) is 2. The van der Waals surface area contributed by atoms with Crippen LogP contribution in [0.2, 0.25) is 0 Å². The minimum Gasteiger partial charge on any atom is -0.508 e. The van der Waals surface area contributed by atoms with Gasteiger partial charge in [-0.3, -0.25) is 9.59 Å². The van der Waals surface area contributed by atoms with E-state index in [2.05, 4.69) is 10.3 Å². The van der Waals surface area contributed by atoms with E-state index in [0.717, 1.165) is 11.1 Å². The molecule has 7 nitrogen and oxygen atoms in total. The summed E-state index contributed by atoms with van der Waals surface area (Å²) < 4.78 is 0. The van der Waals surface area contributed by atoms with Crippen LogP contribution < -0.4 is 5.32 Å². The van der Waals surface area contributed by atoms with Gasteiger partial charge < -0.3 is 15.3 Å². The summed E-state index contributed by atoms with van der Waals surface area (Å²) in [7, 11) is 0. The van der Waals surface area contributed by atoms with Crippen molar-refractivity contribution in [3.05, 3.63) is 64.9 Å². The van der Waals surface area contributed by atoms with Crippen molar-refractivity contribution in [3.8, 4) is 11.8 Å². The van der Waals surface area contributed by atoms with Gasteiger partial charge in [-0.2, -0.15) is 5.26 Å². The second-order valence-corrected chi connectivity index (χ2v) is 7.73. The highest BCUT2D eigenvalue weighted by atomic mass is 32.2. The highest BCUT2D eigenvalue weighted by Crippen LogP contribution is 2.34. The maximum atomic E-state index is 12.7. The van der Waals surface area contributed by atoms with E-state index in [9.17, 15) is 14.7 Å². The van der Waals surface area contributed by atoms with Crippen LogP contribution in [0.3, 0.4) is 0 Å². The summed E-state index contributed by atoms with van der Waals surface area (Å²) >= 11 is 1.37. The van der Waals surface area contributed by atoms with Crippen molar-refractivity contribution in [3.63, 3.8) is 0 Å².